The SMILES string of the molecule is COC(=O)C1=CC(C(=O)O)C(N)C=C1[N+](=O)[O-]. The third-order valence-corrected chi connectivity index (χ3v) is 2.27. The zero-order chi connectivity index (χ0) is 13.2. The molecule has 2 atom stereocenters. The van der Waals surface area contributed by atoms with E-state index in [0.717, 1.165) is 19.3 Å². The molecule has 0 saturated carbocycles. The molecule has 0 fully saturated rings. The lowest BCUT2D eigenvalue weighted by Gasteiger charge is -2.18. The van der Waals surface area contributed by atoms with Crippen LogP contribution in [0.2, 0.25) is 0 Å². The van der Waals surface area contributed by atoms with Crippen molar-refractivity contribution in [3.63, 3.8) is 0 Å². The van der Waals surface area contributed by atoms with E-state index in [4.69, 9.17) is 10.8 Å². The van der Waals surface area contributed by atoms with Gasteiger partial charge in [0.2, 0.25) is 0 Å². The lowest BCUT2D eigenvalue weighted by molar-refractivity contribution is -0.421. The van der Waals surface area contributed by atoms with Crippen molar-refractivity contribution in [2.75, 3.05) is 7.11 Å². The van der Waals surface area contributed by atoms with Crippen LogP contribution in [0.25, 0.3) is 0 Å². The number of aliphatic carboxylic acids is 1. The van der Waals surface area contributed by atoms with E-state index >= 15 is 0 Å². The van der Waals surface area contributed by atoms with Crippen LogP contribution in [-0.4, -0.2) is 35.1 Å². The minimum Gasteiger partial charge on any atom is -0.481 e. The number of hydrogen-bond acceptors (Lipinski definition) is 6. The molecule has 17 heavy (non-hydrogen) atoms. The molecule has 0 spiro atoms. The molecule has 8 nitrogen and oxygen atoms in total. The van der Waals surface area contributed by atoms with Crippen LogP contribution in [0, 0.1) is 16.0 Å². The lowest BCUT2D eigenvalue weighted by atomic mass is 9.90. The molecule has 1 rings (SSSR count). The Balaban J connectivity index is 3.22. The summed E-state index contributed by atoms with van der Waals surface area (Å²) in [6, 6.07) is -1.05. The van der Waals surface area contributed by atoms with Crippen molar-refractivity contribution in [2.24, 2.45) is 11.7 Å². The average Bonchev–Trinajstić information content (AvgIpc) is 2.26. The van der Waals surface area contributed by atoms with Crippen molar-refractivity contribution in [1.29, 1.82) is 0 Å². The normalized spacial score (nSPS) is 23.4. The topological polar surface area (TPSA) is 133 Å². The Hall–Kier alpha value is -2.22. The summed E-state index contributed by atoms with van der Waals surface area (Å²) in [6.45, 7) is 0. The Kier molecular flexibility index (Phi) is 3.59. The van der Waals surface area contributed by atoms with Gasteiger partial charge < -0.3 is 15.6 Å². The second-order valence-corrected chi connectivity index (χ2v) is 3.32. The number of nitrogens with two attached hydrogens (primary N) is 1. The predicted molar refractivity (Wildman–Crippen MR) is 54.3 cm³/mol. The summed E-state index contributed by atoms with van der Waals surface area (Å²) in [5, 5.41) is 19.5. The highest BCUT2D eigenvalue weighted by molar-refractivity contribution is 5.94. The first-order valence-corrected chi connectivity index (χ1v) is 4.53. The molecule has 3 N–H and O–H groups in total. The Morgan fingerprint density at radius 3 is 2.53 bits per heavy atom. The van der Waals surface area contributed by atoms with E-state index in [-0.39, 0.29) is 0 Å². The maximum Gasteiger partial charge on any atom is 0.344 e. The fourth-order valence-electron chi connectivity index (χ4n) is 1.43. The van der Waals surface area contributed by atoms with Crippen molar-refractivity contribution >= 4 is 11.9 Å². The lowest BCUT2D eigenvalue weighted by Crippen LogP contribution is -2.37. The smallest absolute Gasteiger partial charge is 0.344 e. The maximum atomic E-state index is 11.3. The van der Waals surface area contributed by atoms with E-state index in [0.29, 0.717) is 0 Å². The number of nitrogens with zero attached hydrogens (tertiary/aromatic N) is 1. The molecule has 0 bridgehead atoms. The van der Waals surface area contributed by atoms with Crippen molar-refractivity contribution < 1.29 is 24.4 Å². The molecule has 0 aliphatic heterocycles. The van der Waals surface area contributed by atoms with Gasteiger partial charge in [0.25, 0.3) is 5.70 Å². The van der Waals surface area contributed by atoms with Crippen LogP contribution >= 0.6 is 0 Å². The quantitative estimate of drug-likeness (QED) is 0.379. The summed E-state index contributed by atoms with van der Waals surface area (Å²) >= 11 is 0. The first-order chi connectivity index (χ1) is 7.88. The van der Waals surface area contributed by atoms with Gasteiger partial charge in [-0.15, -0.1) is 0 Å². The molecule has 2 unspecified atom stereocenters. The van der Waals surface area contributed by atoms with E-state index < -0.39 is 40.1 Å². The van der Waals surface area contributed by atoms with Crippen LogP contribution in [0.4, 0.5) is 0 Å². The van der Waals surface area contributed by atoms with Crippen LogP contribution in [-0.2, 0) is 14.3 Å². The third-order valence-electron chi connectivity index (χ3n) is 2.27. The number of carbonyl (C=O) groups is 2. The molecule has 0 aromatic rings. The second kappa shape index (κ2) is 4.74. The number of rotatable bonds is 3. The summed E-state index contributed by atoms with van der Waals surface area (Å²) in [4.78, 5) is 32.0. The van der Waals surface area contributed by atoms with Crippen LogP contribution in [0.3, 0.4) is 0 Å². The first-order valence-electron chi connectivity index (χ1n) is 4.53. The van der Waals surface area contributed by atoms with Gasteiger partial charge in [-0.25, -0.2) is 4.79 Å². The highest BCUT2D eigenvalue weighted by Crippen LogP contribution is 2.24. The van der Waals surface area contributed by atoms with Gasteiger partial charge in [-0.2, -0.15) is 0 Å². The molecule has 1 aliphatic carbocycles. The van der Waals surface area contributed by atoms with Crippen molar-refractivity contribution in [1.82, 2.24) is 0 Å². The molecule has 0 saturated heterocycles. The standard InChI is InChI=1S/C9H10N2O6/c1-17-9(14)5-2-4(8(12)13)6(10)3-7(5)11(15)16/h2-4,6H,10H2,1H3,(H,12,13). The Bertz CT molecular complexity index is 439. The molecular weight excluding hydrogens is 232 g/mol. The van der Waals surface area contributed by atoms with E-state index in [9.17, 15) is 19.7 Å². The number of esters is 1. The van der Waals surface area contributed by atoms with Crippen molar-refractivity contribution in [3.8, 4) is 0 Å². The number of methoxy groups -OCH3 is 1. The number of hydrogen-bond donors (Lipinski definition) is 2. The zero-order valence-electron chi connectivity index (χ0n) is 8.82. The highest BCUT2D eigenvalue weighted by atomic mass is 16.6. The molecule has 92 valence electrons. The summed E-state index contributed by atoms with van der Waals surface area (Å²) in [7, 11) is 1.05. The number of carbonyl (C=O) groups excluding carboxylic acids is 1. The fraction of sp³-hybridized carbons (Fsp3) is 0.333. The van der Waals surface area contributed by atoms with Gasteiger partial charge in [0.1, 0.15) is 5.57 Å². The van der Waals surface area contributed by atoms with Crippen LogP contribution in [0.15, 0.2) is 23.4 Å². The highest BCUT2D eigenvalue weighted by Gasteiger charge is 2.36. The van der Waals surface area contributed by atoms with Gasteiger partial charge in [0.15, 0.2) is 0 Å². The van der Waals surface area contributed by atoms with E-state index in [1.807, 2.05) is 0 Å². The van der Waals surface area contributed by atoms with Gasteiger partial charge in [-0.1, -0.05) is 0 Å². The molecule has 0 aromatic carbocycles. The molecular formula is C9H10N2O6. The predicted octanol–water partition coefficient (Wildman–Crippen LogP) is -0.712. The average molecular weight is 242 g/mol. The minimum atomic E-state index is -1.27. The molecule has 8 heteroatoms. The van der Waals surface area contributed by atoms with Gasteiger partial charge in [-0.05, 0) is 6.08 Å². The second-order valence-electron chi connectivity index (χ2n) is 3.32. The number of carboxylic acids is 1. The molecule has 0 radical (unpaired) electrons. The largest absolute Gasteiger partial charge is 0.481 e. The number of nitro groups is 1. The van der Waals surface area contributed by atoms with Crippen LogP contribution in [0.5, 0.6) is 0 Å². The van der Waals surface area contributed by atoms with E-state index in [1.54, 1.807) is 0 Å². The summed E-state index contributed by atoms with van der Waals surface area (Å²) in [5.74, 6) is -3.42. The zero-order valence-corrected chi connectivity index (χ0v) is 8.82. The Labute approximate surface area is 95.5 Å². The van der Waals surface area contributed by atoms with Gasteiger partial charge >= 0.3 is 11.9 Å². The van der Waals surface area contributed by atoms with Crippen molar-refractivity contribution in [3.05, 3.63) is 33.5 Å². The van der Waals surface area contributed by atoms with Crippen LogP contribution < -0.4 is 5.73 Å². The maximum absolute atomic E-state index is 11.3. The minimum absolute atomic E-state index is 0.397. The number of carboxylic acid groups (broad SMARTS) is 1. The Morgan fingerprint density at radius 2 is 2.12 bits per heavy atom. The van der Waals surface area contributed by atoms with Gasteiger partial charge in [0.05, 0.1) is 18.0 Å². The molecule has 0 amide bonds. The molecule has 0 aromatic heterocycles. The van der Waals surface area contributed by atoms with Gasteiger partial charge in [-0.3, -0.25) is 14.9 Å². The monoisotopic (exact) mass is 242 g/mol. The summed E-state index contributed by atoms with van der Waals surface area (Å²) in [6.07, 6.45) is 1.88. The Morgan fingerprint density at radius 1 is 1.53 bits per heavy atom. The van der Waals surface area contributed by atoms with Crippen LogP contribution in [0.1, 0.15) is 0 Å². The van der Waals surface area contributed by atoms with Crippen molar-refractivity contribution in [2.45, 2.75) is 6.04 Å². The summed E-state index contributed by atoms with van der Waals surface area (Å²) < 4.78 is 4.35. The number of ether oxygens (including phenoxy) is 1. The molecule has 1 aliphatic rings. The first kappa shape index (κ1) is 12.8. The summed E-state index contributed by atoms with van der Waals surface area (Å²) in [5.41, 5.74) is 4.52. The molecule has 0 heterocycles. The third kappa shape index (κ3) is 2.48. The van der Waals surface area contributed by atoms with E-state index in [1.165, 1.54) is 0 Å². The van der Waals surface area contributed by atoms with E-state index in [2.05, 4.69) is 4.74 Å². The fourth-order valence-corrected chi connectivity index (χ4v) is 1.43. The van der Waals surface area contributed by atoms with Gasteiger partial charge in [0, 0.05) is 12.1 Å².